The van der Waals surface area contributed by atoms with Crippen molar-refractivity contribution in [3.05, 3.63) is 59.7 Å². The molecule has 6 heteroatoms. The molecule has 0 bridgehead atoms. The van der Waals surface area contributed by atoms with Crippen molar-refractivity contribution in [3.8, 4) is 11.5 Å². The molecule has 0 spiro atoms. The Morgan fingerprint density at radius 2 is 1.68 bits per heavy atom. The molecule has 31 heavy (non-hydrogen) atoms. The molecule has 2 aromatic rings. The lowest BCUT2D eigenvalue weighted by Crippen LogP contribution is -2.41. The van der Waals surface area contributed by atoms with Crippen LogP contribution in [0.2, 0.25) is 0 Å². The summed E-state index contributed by atoms with van der Waals surface area (Å²) in [5.74, 6) is 0.461. The number of rotatable bonds is 11. The Hall–Kier alpha value is -3.02. The highest BCUT2D eigenvalue weighted by atomic mass is 16.5. The second-order valence-corrected chi connectivity index (χ2v) is 8.05. The van der Waals surface area contributed by atoms with Crippen LogP contribution in [0.5, 0.6) is 11.5 Å². The van der Waals surface area contributed by atoms with Crippen molar-refractivity contribution in [1.82, 2.24) is 5.32 Å². The van der Waals surface area contributed by atoms with Gasteiger partial charge in [0.1, 0.15) is 0 Å². The summed E-state index contributed by atoms with van der Waals surface area (Å²) in [4.78, 5) is 24.9. The zero-order valence-corrected chi connectivity index (χ0v) is 19.0. The number of esters is 1. The molecule has 168 valence electrons. The van der Waals surface area contributed by atoms with Gasteiger partial charge in [-0.25, -0.2) is 4.79 Å². The zero-order valence-electron chi connectivity index (χ0n) is 19.0. The number of ether oxygens (including phenoxy) is 3. The Morgan fingerprint density at radius 3 is 2.32 bits per heavy atom. The Bertz CT molecular complexity index is 850. The lowest BCUT2D eigenvalue weighted by molar-refractivity contribution is -0.129. The zero-order chi connectivity index (χ0) is 22.8. The van der Waals surface area contributed by atoms with E-state index in [1.165, 1.54) is 12.7 Å². The van der Waals surface area contributed by atoms with E-state index < -0.39 is 12.1 Å². The smallest absolute Gasteiger partial charge is 0.339 e. The predicted molar refractivity (Wildman–Crippen MR) is 121 cm³/mol. The van der Waals surface area contributed by atoms with Gasteiger partial charge in [0, 0.05) is 6.04 Å². The quantitative estimate of drug-likeness (QED) is 0.538. The Kier molecular flexibility index (Phi) is 9.38. The summed E-state index contributed by atoms with van der Waals surface area (Å²) in [6.07, 6.45) is 0.752. The molecule has 2 rings (SSSR count). The van der Waals surface area contributed by atoms with E-state index in [1.807, 2.05) is 39.0 Å². The maximum atomic E-state index is 12.5. The summed E-state index contributed by atoms with van der Waals surface area (Å²) in [6, 6.07) is 14.9. The predicted octanol–water partition coefficient (Wildman–Crippen LogP) is 4.41. The van der Waals surface area contributed by atoms with Crippen LogP contribution in [-0.2, 0) is 16.0 Å². The van der Waals surface area contributed by atoms with Crippen LogP contribution < -0.4 is 14.8 Å². The number of benzene rings is 2. The van der Waals surface area contributed by atoms with Crippen molar-refractivity contribution in [2.45, 2.75) is 52.7 Å². The molecule has 1 N–H and O–H groups in total. The number of carbonyl (C=O) groups excluding carboxylic acids is 2. The molecule has 0 unspecified atom stereocenters. The van der Waals surface area contributed by atoms with Crippen LogP contribution in [0.4, 0.5) is 0 Å². The Morgan fingerprint density at radius 1 is 0.968 bits per heavy atom. The Balaban J connectivity index is 1.88. The van der Waals surface area contributed by atoms with Crippen LogP contribution in [0.15, 0.2) is 48.5 Å². The molecular weight excluding hydrogens is 394 g/mol. The van der Waals surface area contributed by atoms with Gasteiger partial charge in [-0.05, 0) is 56.4 Å². The number of amides is 1. The molecule has 0 heterocycles. The van der Waals surface area contributed by atoms with E-state index in [-0.39, 0.29) is 11.9 Å². The first-order valence-electron chi connectivity index (χ1n) is 10.7. The van der Waals surface area contributed by atoms with Gasteiger partial charge in [0.25, 0.3) is 5.91 Å². The summed E-state index contributed by atoms with van der Waals surface area (Å²) >= 11 is 0. The molecule has 0 aromatic heterocycles. The highest BCUT2D eigenvalue weighted by Crippen LogP contribution is 2.29. The van der Waals surface area contributed by atoms with Crippen molar-refractivity contribution in [2.75, 3.05) is 13.7 Å². The number of hydrogen-bond acceptors (Lipinski definition) is 5. The van der Waals surface area contributed by atoms with Gasteiger partial charge in [-0.2, -0.15) is 0 Å². The van der Waals surface area contributed by atoms with Crippen LogP contribution >= 0.6 is 0 Å². The molecular formula is C25H33NO5. The van der Waals surface area contributed by atoms with E-state index in [1.54, 1.807) is 25.1 Å². The topological polar surface area (TPSA) is 73.9 Å². The highest BCUT2D eigenvalue weighted by Gasteiger charge is 2.21. The second kappa shape index (κ2) is 12.0. The first kappa shape index (κ1) is 24.3. The second-order valence-electron chi connectivity index (χ2n) is 8.05. The minimum Gasteiger partial charge on any atom is -0.493 e. The van der Waals surface area contributed by atoms with E-state index in [9.17, 15) is 9.59 Å². The Labute approximate surface area is 184 Å². The summed E-state index contributed by atoms with van der Waals surface area (Å²) < 4.78 is 16.4. The van der Waals surface area contributed by atoms with Gasteiger partial charge in [0.15, 0.2) is 17.6 Å². The van der Waals surface area contributed by atoms with Crippen molar-refractivity contribution < 1.29 is 23.8 Å². The molecule has 6 nitrogen and oxygen atoms in total. The first-order chi connectivity index (χ1) is 14.8. The molecule has 2 aromatic carbocycles. The summed E-state index contributed by atoms with van der Waals surface area (Å²) in [6.45, 7) is 8.14. The summed E-state index contributed by atoms with van der Waals surface area (Å²) in [7, 11) is 1.51. The van der Waals surface area contributed by atoms with Crippen molar-refractivity contribution in [2.24, 2.45) is 5.92 Å². The molecule has 0 fully saturated rings. The fraction of sp³-hybridized carbons (Fsp3) is 0.440. The van der Waals surface area contributed by atoms with E-state index in [4.69, 9.17) is 14.2 Å². The molecule has 0 aliphatic heterocycles. The lowest BCUT2D eigenvalue weighted by Gasteiger charge is -2.18. The molecule has 0 aliphatic carbocycles. The number of aryl methyl sites for hydroxylation is 1. The molecule has 2 atom stereocenters. The minimum atomic E-state index is -0.908. The number of methoxy groups -OCH3 is 1. The summed E-state index contributed by atoms with van der Waals surface area (Å²) in [5.41, 5.74) is 1.52. The third-order valence-corrected chi connectivity index (χ3v) is 4.72. The van der Waals surface area contributed by atoms with Gasteiger partial charge in [0.2, 0.25) is 0 Å². The standard InChI is InChI=1S/C25H33NO5/c1-17(2)16-30-22-14-13-21(15-23(22)29-5)25(28)31-19(4)24(27)26-18(3)11-12-20-9-7-6-8-10-20/h6-10,13-15,17-19H,11-12,16H2,1-5H3,(H,26,27)/t18-,19-/m1/s1. The van der Waals surface area contributed by atoms with Crippen molar-refractivity contribution in [3.63, 3.8) is 0 Å². The average Bonchev–Trinajstić information content (AvgIpc) is 2.76. The van der Waals surface area contributed by atoms with Crippen LogP contribution in [-0.4, -0.2) is 37.7 Å². The van der Waals surface area contributed by atoms with Gasteiger partial charge < -0.3 is 19.5 Å². The molecule has 0 saturated heterocycles. The number of carbonyl (C=O) groups is 2. The normalized spacial score (nSPS) is 12.7. The van der Waals surface area contributed by atoms with Crippen molar-refractivity contribution >= 4 is 11.9 Å². The van der Waals surface area contributed by atoms with Gasteiger partial charge >= 0.3 is 5.97 Å². The number of hydrogen-bond donors (Lipinski definition) is 1. The van der Waals surface area contributed by atoms with E-state index in [0.717, 1.165) is 12.8 Å². The average molecular weight is 428 g/mol. The lowest BCUT2D eigenvalue weighted by atomic mass is 10.1. The fourth-order valence-electron chi connectivity index (χ4n) is 2.91. The first-order valence-corrected chi connectivity index (χ1v) is 10.7. The van der Waals surface area contributed by atoms with Crippen molar-refractivity contribution in [1.29, 1.82) is 0 Å². The third kappa shape index (κ3) is 7.96. The third-order valence-electron chi connectivity index (χ3n) is 4.72. The molecule has 1 amide bonds. The largest absolute Gasteiger partial charge is 0.493 e. The van der Waals surface area contributed by atoms with E-state index in [0.29, 0.717) is 29.6 Å². The van der Waals surface area contributed by atoms with E-state index >= 15 is 0 Å². The van der Waals surface area contributed by atoms with Gasteiger partial charge in [-0.1, -0.05) is 44.2 Å². The van der Waals surface area contributed by atoms with Crippen LogP contribution in [0.25, 0.3) is 0 Å². The SMILES string of the molecule is COc1cc(C(=O)O[C@H](C)C(=O)N[C@H](C)CCc2ccccc2)ccc1OCC(C)C. The van der Waals surface area contributed by atoms with Gasteiger partial charge in [-0.15, -0.1) is 0 Å². The van der Waals surface area contributed by atoms with Crippen LogP contribution in [0.3, 0.4) is 0 Å². The minimum absolute atomic E-state index is 0.0358. The molecule has 0 radical (unpaired) electrons. The van der Waals surface area contributed by atoms with Gasteiger partial charge in [-0.3, -0.25) is 4.79 Å². The van der Waals surface area contributed by atoms with Gasteiger partial charge in [0.05, 0.1) is 19.3 Å². The van der Waals surface area contributed by atoms with Crippen LogP contribution in [0, 0.1) is 5.92 Å². The maximum absolute atomic E-state index is 12.5. The number of nitrogens with one attached hydrogen (secondary N) is 1. The maximum Gasteiger partial charge on any atom is 0.339 e. The summed E-state index contributed by atoms with van der Waals surface area (Å²) in [5, 5.41) is 2.90. The fourth-order valence-corrected chi connectivity index (χ4v) is 2.91. The molecule has 0 saturated carbocycles. The highest BCUT2D eigenvalue weighted by molar-refractivity contribution is 5.92. The van der Waals surface area contributed by atoms with E-state index in [2.05, 4.69) is 17.4 Å². The monoisotopic (exact) mass is 427 g/mol. The molecule has 0 aliphatic rings. The van der Waals surface area contributed by atoms with Crippen LogP contribution in [0.1, 0.15) is 50.0 Å².